The molecule has 0 radical (unpaired) electrons. The number of benzene rings is 2. The molecule has 0 amide bonds. The molecule has 136 valence electrons. The average molecular weight is 393 g/mol. The molecule has 0 aliphatic carbocycles. The van der Waals surface area contributed by atoms with Crippen LogP contribution in [0.25, 0.3) is 6.08 Å². The van der Waals surface area contributed by atoms with Crippen molar-refractivity contribution in [1.82, 2.24) is 0 Å². The lowest BCUT2D eigenvalue weighted by atomic mass is 10.1. The van der Waals surface area contributed by atoms with Gasteiger partial charge in [0, 0.05) is 10.6 Å². The number of hydrogen-bond donors (Lipinski definition) is 0. The zero-order valence-electron chi connectivity index (χ0n) is 14.1. The van der Waals surface area contributed by atoms with E-state index in [4.69, 9.17) is 21.1 Å². The van der Waals surface area contributed by atoms with Crippen LogP contribution in [0.5, 0.6) is 5.75 Å². The highest BCUT2D eigenvalue weighted by molar-refractivity contribution is 7.91. The van der Waals surface area contributed by atoms with Crippen molar-refractivity contribution in [3.63, 3.8) is 0 Å². The van der Waals surface area contributed by atoms with E-state index in [1.807, 2.05) is 12.1 Å². The van der Waals surface area contributed by atoms with E-state index in [1.54, 1.807) is 30.3 Å². The Morgan fingerprint density at radius 1 is 1.15 bits per heavy atom. The van der Waals surface area contributed by atoms with Gasteiger partial charge >= 0.3 is 5.97 Å². The highest BCUT2D eigenvalue weighted by Crippen LogP contribution is 2.30. The molecule has 5 nitrogen and oxygen atoms in total. The maximum atomic E-state index is 12.4. The molecular weight excluding hydrogens is 376 g/mol. The van der Waals surface area contributed by atoms with E-state index in [-0.39, 0.29) is 17.1 Å². The molecular formula is C19H17ClO5S. The third-order valence-corrected chi connectivity index (χ3v) is 6.09. The van der Waals surface area contributed by atoms with Gasteiger partial charge in [-0.2, -0.15) is 0 Å². The van der Waals surface area contributed by atoms with E-state index in [0.29, 0.717) is 28.5 Å². The van der Waals surface area contributed by atoms with E-state index in [9.17, 15) is 13.2 Å². The van der Waals surface area contributed by atoms with Gasteiger partial charge in [-0.1, -0.05) is 23.7 Å². The summed E-state index contributed by atoms with van der Waals surface area (Å²) in [5.74, 6) is -0.150. The molecule has 1 heterocycles. The van der Waals surface area contributed by atoms with Crippen molar-refractivity contribution in [3.8, 4) is 5.75 Å². The number of hydrogen-bond acceptors (Lipinski definition) is 5. The minimum Gasteiger partial charge on any atom is -0.489 e. The Bertz CT molecular complexity index is 962. The second-order valence-electron chi connectivity index (χ2n) is 5.84. The molecule has 0 unspecified atom stereocenters. The second kappa shape index (κ2) is 7.51. The third-order valence-electron chi connectivity index (χ3n) is 4.05. The van der Waals surface area contributed by atoms with Crippen molar-refractivity contribution in [2.24, 2.45) is 0 Å². The Balaban J connectivity index is 1.90. The molecule has 0 aromatic heterocycles. The minimum atomic E-state index is -3.47. The monoisotopic (exact) mass is 392 g/mol. The summed E-state index contributed by atoms with van der Waals surface area (Å²) < 4.78 is 35.3. The Hall–Kier alpha value is -2.31. The number of carbonyl (C=O) groups is 1. The molecule has 2 aromatic rings. The van der Waals surface area contributed by atoms with Crippen molar-refractivity contribution in [2.75, 3.05) is 12.9 Å². The summed E-state index contributed by atoms with van der Waals surface area (Å²) in [5.41, 5.74) is 1.68. The lowest BCUT2D eigenvalue weighted by molar-refractivity contribution is -0.136. The number of sulfone groups is 1. The summed E-state index contributed by atoms with van der Waals surface area (Å²) in [7, 11) is -2.20. The first-order valence-electron chi connectivity index (χ1n) is 7.92. The minimum absolute atomic E-state index is 0.116. The van der Waals surface area contributed by atoms with Gasteiger partial charge in [-0.15, -0.1) is 0 Å². The van der Waals surface area contributed by atoms with Crippen LogP contribution >= 0.6 is 11.6 Å². The summed E-state index contributed by atoms with van der Waals surface area (Å²) >= 11 is 5.86. The molecule has 0 N–H and O–H groups in total. The predicted octanol–water partition coefficient (Wildman–Crippen LogP) is 3.65. The maximum Gasteiger partial charge on any atom is 0.333 e. The van der Waals surface area contributed by atoms with E-state index in [2.05, 4.69) is 0 Å². The van der Waals surface area contributed by atoms with Crippen molar-refractivity contribution >= 4 is 33.5 Å². The van der Waals surface area contributed by atoms with Gasteiger partial charge in [0.1, 0.15) is 12.4 Å². The molecule has 3 rings (SSSR count). The molecule has 0 saturated heterocycles. The van der Waals surface area contributed by atoms with Crippen LogP contribution < -0.4 is 4.74 Å². The van der Waals surface area contributed by atoms with Crippen LogP contribution in [-0.4, -0.2) is 27.2 Å². The van der Waals surface area contributed by atoms with E-state index in [0.717, 1.165) is 5.56 Å². The number of methoxy groups -OCH3 is 1. The summed E-state index contributed by atoms with van der Waals surface area (Å²) in [6.45, 7) is 0.316. The molecule has 1 aliphatic rings. The van der Waals surface area contributed by atoms with Gasteiger partial charge in [0.2, 0.25) is 0 Å². The van der Waals surface area contributed by atoms with Gasteiger partial charge in [0.25, 0.3) is 0 Å². The van der Waals surface area contributed by atoms with Gasteiger partial charge in [-0.3, -0.25) is 0 Å². The van der Waals surface area contributed by atoms with Crippen LogP contribution in [0.3, 0.4) is 0 Å². The fourth-order valence-electron chi connectivity index (χ4n) is 2.67. The number of esters is 1. The first-order valence-corrected chi connectivity index (χ1v) is 9.95. The zero-order valence-corrected chi connectivity index (χ0v) is 15.6. The van der Waals surface area contributed by atoms with Crippen LogP contribution in [0.1, 0.15) is 17.5 Å². The van der Waals surface area contributed by atoms with E-state index in [1.165, 1.54) is 13.2 Å². The average Bonchev–Trinajstić information content (AvgIpc) is 2.76. The standard InChI is InChI=1S/C19H17ClO5S/c1-24-19(21)14-8-9-26(22,23)18-7-6-17(11-15(18)10-14)25-12-13-2-4-16(20)5-3-13/h2-7,10-11H,8-9,12H2,1H3. The van der Waals surface area contributed by atoms with Gasteiger partial charge in [-0.25, -0.2) is 13.2 Å². The van der Waals surface area contributed by atoms with Crippen LogP contribution in [0.2, 0.25) is 5.02 Å². The fourth-order valence-corrected chi connectivity index (χ4v) is 4.25. The summed E-state index contributed by atoms with van der Waals surface area (Å²) in [6, 6.07) is 12.0. The second-order valence-corrected chi connectivity index (χ2v) is 8.36. The Labute approximate surface area is 157 Å². The smallest absolute Gasteiger partial charge is 0.333 e. The van der Waals surface area contributed by atoms with Crippen molar-refractivity contribution in [1.29, 1.82) is 0 Å². The van der Waals surface area contributed by atoms with Gasteiger partial charge in [0.15, 0.2) is 9.84 Å². The quantitative estimate of drug-likeness (QED) is 0.743. The third kappa shape index (κ3) is 4.08. The summed E-state index contributed by atoms with van der Waals surface area (Å²) in [6.07, 6.45) is 1.67. The molecule has 0 saturated carbocycles. The largest absolute Gasteiger partial charge is 0.489 e. The van der Waals surface area contributed by atoms with Crippen molar-refractivity contribution < 1.29 is 22.7 Å². The van der Waals surface area contributed by atoms with Gasteiger partial charge in [-0.05, 0) is 54.0 Å². The van der Waals surface area contributed by atoms with Gasteiger partial charge in [0.05, 0.1) is 17.8 Å². The highest BCUT2D eigenvalue weighted by Gasteiger charge is 2.25. The lowest BCUT2D eigenvalue weighted by Crippen LogP contribution is -2.10. The van der Waals surface area contributed by atoms with E-state index >= 15 is 0 Å². The van der Waals surface area contributed by atoms with Crippen molar-refractivity contribution in [3.05, 3.63) is 64.2 Å². The van der Waals surface area contributed by atoms with Crippen LogP contribution in [-0.2, 0) is 26.0 Å². The summed E-state index contributed by atoms with van der Waals surface area (Å²) in [5, 5.41) is 0.643. The topological polar surface area (TPSA) is 69.7 Å². The molecule has 26 heavy (non-hydrogen) atoms. The SMILES string of the molecule is COC(=O)C1=Cc2cc(OCc3ccc(Cl)cc3)ccc2S(=O)(=O)CC1. The maximum absolute atomic E-state index is 12.4. The zero-order chi connectivity index (χ0) is 18.7. The number of fused-ring (bicyclic) bond motifs is 1. The van der Waals surface area contributed by atoms with Crippen LogP contribution in [0, 0.1) is 0 Å². The number of halogens is 1. The fraction of sp³-hybridized carbons (Fsp3) is 0.211. The summed E-state index contributed by atoms with van der Waals surface area (Å²) in [4.78, 5) is 12.0. The normalized spacial score (nSPS) is 15.4. The Morgan fingerprint density at radius 3 is 2.58 bits per heavy atom. The Kier molecular flexibility index (Phi) is 5.34. The number of ether oxygens (including phenoxy) is 2. The molecule has 7 heteroatoms. The molecule has 0 fully saturated rings. The number of carbonyl (C=O) groups excluding carboxylic acids is 1. The van der Waals surface area contributed by atoms with Gasteiger partial charge < -0.3 is 9.47 Å². The lowest BCUT2D eigenvalue weighted by Gasteiger charge is -2.10. The number of rotatable bonds is 4. The first kappa shape index (κ1) is 18.5. The first-order chi connectivity index (χ1) is 12.4. The molecule has 0 spiro atoms. The molecule has 1 aliphatic heterocycles. The molecule has 2 aromatic carbocycles. The van der Waals surface area contributed by atoms with Crippen LogP contribution in [0.15, 0.2) is 52.9 Å². The molecule has 0 atom stereocenters. The molecule has 0 bridgehead atoms. The predicted molar refractivity (Wildman–Crippen MR) is 98.9 cm³/mol. The van der Waals surface area contributed by atoms with E-state index < -0.39 is 15.8 Å². The Morgan fingerprint density at radius 2 is 1.88 bits per heavy atom. The van der Waals surface area contributed by atoms with Crippen LogP contribution in [0.4, 0.5) is 0 Å². The highest BCUT2D eigenvalue weighted by atomic mass is 35.5. The van der Waals surface area contributed by atoms with Crippen molar-refractivity contribution in [2.45, 2.75) is 17.9 Å².